The summed E-state index contributed by atoms with van der Waals surface area (Å²) in [5, 5.41) is 5.14. The topological polar surface area (TPSA) is 41.1 Å². The third-order valence-electron chi connectivity index (χ3n) is 1.44. The summed E-state index contributed by atoms with van der Waals surface area (Å²) < 4.78 is 0. The summed E-state index contributed by atoms with van der Waals surface area (Å²) in [6.07, 6.45) is 3.89. The molecule has 0 aliphatic heterocycles. The van der Waals surface area contributed by atoms with Gasteiger partial charge < -0.3 is 10.6 Å². The number of carbonyl (C=O) groups excluding carboxylic acids is 1. The molecular formula is C9H16N2O. The fourth-order valence-corrected chi connectivity index (χ4v) is 0.703. The van der Waals surface area contributed by atoms with Crippen LogP contribution in [0.3, 0.4) is 0 Å². The van der Waals surface area contributed by atoms with Crippen molar-refractivity contribution >= 4 is 6.03 Å². The van der Waals surface area contributed by atoms with Gasteiger partial charge in [-0.15, -0.1) is 0 Å². The Morgan fingerprint density at radius 2 is 1.92 bits per heavy atom. The molecule has 0 aliphatic rings. The number of hydrogen-bond acceptors (Lipinski definition) is 1. The van der Waals surface area contributed by atoms with Gasteiger partial charge in [0.05, 0.1) is 0 Å². The molecule has 2 N–H and O–H groups in total. The summed E-state index contributed by atoms with van der Waals surface area (Å²) in [4.78, 5) is 10.8. The van der Waals surface area contributed by atoms with Crippen LogP contribution in [0.4, 0.5) is 4.79 Å². The summed E-state index contributed by atoms with van der Waals surface area (Å²) >= 11 is 0. The number of allylic oxidation sites excluding steroid dienone is 4. The van der Waals surface area contributed by atoms with E-state index in [2.05, 4.69) is 10.6 Å². The number of urea groups is 1. The van der Waals surface area contributed by atoms with Gasteiger partial charge in [-0.25, -0.2) is 4.79 Å². The smallest absolute Gasteiger partial charge is 0.318 e. The van der Waals surface area contributed by atoms with Crippen LogP contribution in [0.15, 0.2) is 23.4 Å². The van der Waals surface area contributed by atoms with Crippen molar-refractivity contribution in [3.63, 3.8) is 0 Å². The first kappa shape index (κ1) is 10.8. The van der Waals surface area contributed by atoms with Crippen molar-refractivity contribution in [2.45, 2.75) is 20.8 Å². The minimum atomic E-state index is -0.187. The van der Waals surface area contributed by atoms with Crippen LogP contribution in [0, 0.1) is 0 Å². The van der Waals surface area contributed by atoms with E-state index in [1.54, 1.807) is 7.05 Å². The maximum Gasteiger partial charge on any atom is 0.318 e. The Bertz CT molecular complexity index is 217. The summed E-state index contributed by atoms with van der Waals surface area (Å²) in [6.45, 7) is 5.79. The van der Waals surface area contributed by atoms with Crippen LogP contribution in [0.5, 0.6) is 0 Å². The van der Waals surface area contributed by atoms with E-state index >= 15 is 0 Å². The fourth-order valence-electron chi connectivity index (χ4n) is 0.703. The molecule has 0 fully saturated rings. The maximum absolute atomic E-state index is 10.8. The average Bonchev–Trinajstić information content (AvgIpc) is 2.03. The van der Waals surface area contributed by atoms with Gasteiger partial charge in [0.15, 0.2) is 0 Å². The first-order valence-electron chi connectivity index (χ1n) is 3.90. The highest BCUT2D eigenvalue weighted by Gasteiger charge is 1.94. The van der Waals surface area contributed by atoms with Gasteiger partial charge in [0.2, 0.25) is 0 Å². The van der Waals surface area contributed by atoms with E-state index in [-0.39, 0.29) is 6.03 Å². The largest absolute Gasteiger partial charge is 0.341 e. The molecule has 0 aromatic carbocycles. The lowest BCUT2D eigenvalue weighted by atomic mass is 10.2. The standard InChI is InChI=1S/C9H16N2O/c1-5-7(2)6-8(3)11-9(12)10-4/h5-6H,1-4H3,(H2,10,11,12)/b7-5-,8-6+. The minimum Gasteiger partial charge on any atom is -0.341 e. The van der Waals surface area contributed by atoms with Gasteiger partial charge in [-0.2, -0.15) is 0 Å². The highest BCUT2D eigenvalue weighted by Crippen LogP contribution is 1.97. The molecule has 0 saturated heterocycles. The van der Waals surface area contributed by atoms with Gasteiger partial charge in [-0.05, 0) is 26.8 Å². The third kappa shape index (κ3) is 4.55. The Hall–Kier alpha value is -1.25. The van der Waals surface area contributed by atoms with Crippen LogP contribution < -0.4 is 10.6 Å². The molecule has 0 bridgehead atoms. The molecule has 0 heterocycles. The molecule has 0 spiro atoms. The Morgan fingerprint density at radius 3 is 2.33 bits per heavy atom. The third-order valence-corrected chi connectivity index (χ3v) is 1.44. The first-order chi connectivity index (χ1) is 5.60. The Balaban J connectivity index is 4.11. The number of amides is 2. The van der Waals surface area contributed by atoms with Crippen molar-refractivity contribution in [3.8, 4) is 0 Å². The van der Waals surface area contributed by atoms with Gasteiger partial charge in [-0.3, -0.25) is 0 Å². The summed E-state index contributed by atoms with van der Waals surface area (Å²) in [6, 6.07) is -0.187. The molecular weight excluding hydrogens is 152 g/mol. The molecule has 0 aliphatic carbocycles. The molecule has 3 heteroatoms. The zero-order valence-corrected chi connectivity index (χ0v) is 8.06. The predicted molar refractivity (Wildman–Crippen MR) is 50.8 cm³/mol. The molecule has 2 amide bonds. The lowest BCUT2D eigenvalue weighted by molar-refractivity contribution is 0.245. The van der Waals surface area contributed by atoms with Crippen LogP contribution in [-0.2, 0) is 0 Å². The highest BCUT2D eigenvalue weighted by molar-refractivity contribution is 5.75. The Kier molecular flexibility index (Phi) is 4.84. The zero-order chi connectivity index (χ0) is 9.56. The predicted octanol–water partition coefficient (Wildman–Crippen LogP) is 1.79. The summed E-state index contributed by atoms with van der Waals surface area (Å²) in [5.74, 6) is 0. The van der Waals surface area contributed by atoms with Crippen molar-refractivity contribution < 1.29 is 4.79 Å². The molecule has 0 rings (SSSR count). The summed E-state index contributed by atoms with van der Waals surface area (Å²) in [5.41, 5.74) is 1.97. The van der Waals surface area contributed by atoms with E-state index < -0.39 is 0 Å². The number of rotatable bonds is 2. The van der Waals surface area contributed by atoms with E-state index in [1.165, 1.54) is 0 Å². The normalized spacial score (nSPS) is 12.7. The van der Waals surface area contributed by atoms with Crippen molar-refractivity contribution in [2.24, 2.45) is 0 Å². The van der Waals surface area contributed by atoms with Crippen LogP contribution >= 0.6 is 0 Å². The fraction of sp³-hybridized carbons (Fsp3) is 0.444. The van der Waals surface area contributed by atoms with E-state index in [4.69, 9.17) is 0 Å². The summed E-state index contributed by atoms with van der Waals surface area (Å²) in [7, 11) is 1.59. The van der Waals surface area contributed by atoms with Gasteiger partial charge in [0.25, 0.3) is 0 Å². The molecule has 12 heavy (non-hydrogen) atoms. The van der Waals surface area contributed by atoms with Crippen molar-refractivity contribution in [1.29, 1.82) is 0 Å². The van der Waals surface area contributed by atoms with Crippen LogP contribution in [0.1, 0.15) is 20.8 Å². The van der Waals surface area contributed by atoms with Crippen LogP contribution in [0.2, 0.25) is 0 Å². The number of carbonyl (C=O) groups is 1. The highest BCUT2D eigenvalue weighted by atomic mass is 16.2. The first-order valence-corrected chi connectivity index (χ1v) is 3.90. The number of hydrogen-bond donors (Lipinski definition) is 2. The zero-order valence-electron chi connectivity index (χ0n) is 8.06. The molecule has 68 valence electrons. The molecule has 0 saturated carbocycles. The second-order valence-electron chi connectivity index (χ2n) is 2.56. The second kappa shape index (κ2) is 5.41. The average molecular weight is 168 g/mol. The van der Waals surface area contributed by atoms with Crippen molar-refractivity contribution in [2.75, 3.05) is 7.05 Å². The van der Waals surface area contributed by atoms with E-state index in [0.717, 1.165) is 11.3 Å². The van der Waals surface area contributed by atoms with Crippen LogP contribution in [-0.4, -0.2) is 13.1 Å². The van der Waals surface area contributed by atoms with Gasteiger partial charge in [0, 0.05) is 12.7 Å². The lowest BCUT2D eigenvalue weighted by Gasteiger charge is -2.03. The second-order valence-corrected chi connectivity index (χ2v) is 2.56. The molecule has 3 nitrogen and oxygen atoms in total. The molecule has 0 radical (unpaired) electrons. The Morgan fingerprint density at radius 1 is 1.33 bits per heavy atom. The minimum absolute atomic E-state index is 0.187. The van der Waals surface area contributed by atoms with E-state index in [9.17, 15) is 4.79 Å². The Labute approximate surface area is 73.5 Å². The molecule has 0 atom stereocenters. The van der Waals surface area contributed by atoms with Crippen LogP contribution in [0.25, 0.3) is 0 Å². The molecule has 0 unspecified atom stereocenters. The van der Waals surface area contributed by atoms with Gasteiger partial charge in [0.1, 0.15) is 0 Å². The van der Waals surface area contributed by atoms with Crippen molar-refractivity contribution in [1.82, 2.24) is 10.6 Å². The molecule has 0 aromatic heterocycles. The van der Waals surface area contributed by atoms with Gasteiger partial charge in [-0.1, -0.05) is 11.6 Å². The monoisotopic (exact) mass is 168 g/mol. The van der Waals surface area contributed by atoms with Gasteiger partial charge >= 0.3 is 6.03 Å². The number of nitrogens with one attached hydrogen (secondary N) is 2. The SMILES string of the molecule is C/C=C(C)\C=C(/C)NC(=O)NC. The quantitative estimate of drug-likeness (QED) is 0.606. The maximum atomic E-state index is 10.8. The van der Waals surface area contributed by atoms with E-state index in [0.29, 0.717) is 0 Å². The van der Waals surface area contributed by atoms with Crippen molar-refractivity contribution in [3.05, 3.63) is 23.4 Å². The van der Waals surface area contributed by atoms with E-state index in [1.807, 2.05) is 32.9 Å². The lowest BCUT2D eigenvalue weighted by Crippen LogP contribution is -2.31. The molecule has 0 aromatic rings.